The molecule has 1 N–H and O–H groups in total. The van der Waals surface area contributed by atoms with Crippen molar-refractivity contribution in [1.82, 2.24) is 14.0 Å². The zero-order chi connectivity index (χ0) is 11.8. The van der Waals surface area contributed by atoms with E-state index < -0.39 is 10.2 Å². The average molecular weight is 261 g/mol. The van der Waals surface area contributed by atoms with Crippen molar-refractivity contribution in [1.29, 1.82) is 0 Å². The molecule has 1 aromatic rings. The first-order chi connectivity index (χ1) is 7.49. The first kappa shape index (κ1) is 12.0. The fourth-order valence-corrected chi connectivity index (χ4v) is 2.80. The highest BCUT2D eigenvalue weighted by Crippen LogP contribution is 2.41. The molecule has 0 spiro atoms. The summed E-state index contributed by atoms with van der Waals surface area (Å²) in [6.45, 7) is 0.268. The van der Waals surface area contributed by atoms with E-state index in [1.165, 1.54) is 26.9 Å². The van der Waals surface area contributed by atoms with Gasteiger partial charge >= 0.3 is 0 Å². The second-order valence-corrected chi connectivity index (χ2v) is 6.92. The summed E-state index contributed by atoms with van der Waals surface area (Å²) in [5.41, 5.74) is 0.803. The molecular weight excluding hydrogens is 246 g/mol. The van der Waals surface area contributed by atoms with Gasteiger partial charge in [-0.2, -0.15) is 17.4 Å². The summed E-state index contributed by atoms with van der Waals surface area (Å²) < 4.78 is 26.5. The van der Waals surface area contributed by atoms with Gasteiger partial charge in [-0.05, 0) is 12.8 Å². The van der Waals surface area contributed by atoms with Gasteiger partial charge in [-0.1, -0.05) is 0 Å². The SMILES string of the molecule is CN(C)S(=O)(=O)NCc1csc(C2CC2)n1. The first-order valence-corrected chi connectivity index (χ1v) is 7.42. The normalized spacial score (nSPS) is 16.9. The van der Waals surface area contributed by atoms with Gasteiger partial charge in [-0.3, -0.25) is 0 Å². The summed E-state index contributed by atoms with van der Waals surface area (Å²) in [7, 11) is -0.346. The van der Waals surface area contributed by atoms with Crippen molar-refractivity contribution in [3.8, 4) is 0 Å². The lowest BCUT2D eigenvalue weighted by atomic mass is 10.4. The Morgan fingerprint density at radius 2 is 2.25 bits per heavy atom. The summed E-state index contributed by atoms with van der Waals surface area (Å²) in [4.78, 5) is 4.41. The van der Waals surface area contributed by atoms with E-state index in [9.17, 15) is 8.42 Å². The Kier molecular flexibility index (Phi) is 3.29. The third kappa shape index (κ3) is 2.79. The summed E-state index contributed by atoms with van der Waals surface area (Å²) >= 11 is 1.62. The Bertz CT molecular complexity index is 463. The van der Waals surface area contributed by atoms with Gasteiger partial charge < -0.3 is 0 Å². The minimum absolute atomic E-state index is 0.268. The van der Waals surface area contributed by atoms with Crippen molar-refractivity contribution < 1.29 is 8.42 Å². The van der Waals surface area contributed by atoms with E-state index in [2.05, 4.69) is 9.71 Å². The Balaban J connectivity index is 1.94. The highest BCUT2D eigenvalue weighted by molar-refractivity contribution is 7.87. The lowest BCUT2D eigenvalue weighted by Gasteiger charge is -2.10. The van der Waals surface area contributed by atoms with Crippen molar-refractivity contribution in [2.45, 2.75) is 25.3 Å². The standard InChI is InChI=1S/C9H15N3O2S2/c1-12(2)16(13,14)10-5-8-6-15-9(11-8)7-3-4-7/h6-7,10H,3-5H2,1-2H3. The van der Waals surface area contributed by atoms with Gasteiger partial charge in [-0.15, -0.1) is 11.3 Å². The van der Waals surface area contributed by atoms with Crippen LogP contribution in [0.15, 0.2) is 5.38 Å². The van der Waals surface area contributed by atoms with Crippen molar-refractivity contribution in [3.63, 3.8) is 0 Å². The predicted octanol–water partition coefficient (Wildman–Crippen LogP) is 0.917. The van der Waals surface area contributed by atoms with Crippen LogP contribution < -0.4 is 4.72 Å². The molecule has 16 heavy (non-hydrogen) atoms. The van der Waals surface area contributed by atoms with Gasteiger partial charge in [0, 0.05) is 25.4 Å². The molecule has 1 saturated carbocycles. The van der Waals surface area contributed by atoms with E-state index in [-0.39, 0.29) is 6.54 Å². The Hall–Kier alpha value is -0.500. The molecule has 0 bridgehead atoms. The van der Waals surface area contributed by atoms with Crippen LogP contribution in [0.25, 0.3) is 0 Å². The maximum atomic E-state index is 11.4. The van der Waals surface area contributed by atoms with Crippen molar-refractivity contribution in [2.24, 2.45) is 0 Å². The molecule has 0 saturated heterocycles. The van der Waals surface area contributed by atoms with Crippen molar-refractivity contribution >= 4 is 21.5 Å². The number of rotatable bonds is 5. The van der Waals surface area contributed by atoms with Gasteiger partial charge in [0.15, 0.2) is 0 Å². The van der Waals surface area contributed by atoms with E-state index in [1.54, 1.807) is 11.3 Å². The molecule has 7 heteroatoms. The van der Waals surface area contributed by atoms with E-state index in [1.807, 2.05) is 5.38 Å². The molecule has 5 nitrogen and oxygen atoms in total. The maximum absolute atomic E-state index is 11.4. The van der Waals surface area contributed by atoms with Gasteiger partial charge in [-0.25, -0.2) is 4.98 Å². The quantitative estimate of drug-likeness (QED) is 0.857. The molecule has 1 heterocycles. The second-order valence-electron chi connectivity index (χ2n) is 4.06. The molecule has 1 fully saturated rings. The second kappa shape index (κ2) is 4.40. The molecular formula is C9H15N3O2S2. The van der Waals surface area contributed by atoms with Crippen LogP contribution >= 0.6 is 11.3 Å². The summed E-state index contributed by atoms with van der Waals surface area (Å²) in [5.74, 6) is 0.629. The highest BCUT2D eigenvalue weighted by atomic mass is 32.2. The third-order valence-electron chi connectivity index (χ3n) is 2.41. The van der Waals surface area contributed by atoms with Crippen LogP contribution in [-0.2, 0) is 16.8 Å². The molecule has 0 aromatic carbocycles. The van der Waals surface area contributed by atoms with Crippen LogP contribution in [0.1, 0.15) is 29.5 Å². The molecule has 0 aliphatic heterocycles. The van der Waals surface area contributed by atoms with Crippen LogP contribution in [-0.4, -0.2) is 31.8 Å². The monoisotopic (exact) mass is 261 g/mol. The molecule has 90 valence electrons. The number of hydrogen-bond acceptors (Lipinski definition) is 4. The van der Waals surface area contributed by atoms with E-state index >= 15 is 0 Å². The van der Waals surface area contributed by atoms with Crippen molar-refractivity contribution in [3.05, 3.63) is 16.1 Å². The molecule has 1 aliphatic carbocycles. The molecule has 2 rings (SSSR count). The topological polar surface area (TPSA) is 62.3 Å². The van der Waals surface area contributed by atoms with Crippen molar-refractivity contribution in [2.75, 3.05) is 14.1 Å². The van der Waals surface area contributed by atoms with Gasteiger partial charge in [0.2, 0.25) is 0 Å². The molecule has 0 radical (unpaired) electrons. The van der Waals surface area contributed by atoms with E-state index in [4.69, 9.17) is 0 Å². The minimum atomic E-state index is -3.34. The number of nitrogens with one attached hydrogen (secondary N) is 1. The van der Waals surface area contributed by atoms with Crippen LogP contribution in [0.5, 0.6) is 0 Å². The fraction of sp³-hybridized carbons (Fsp3) is 0.667. The average Bonchev–Trinajstić information content (AvgIpc) is 2.95. The first-order valence-electron chi connectivity index (χ1n) is 5.10. The number of aromatic nitrogens is 1. The fourth-order valence-electron chi connectivity index (χ4n) is 1.22. The van der Waals surface area contributed by atoms with Crippen LogP contribution in [0.4, 0.5) is 0 Å². The zero-order valence-electron chi connectivity index (χ0n) is 9.30. The number of hydrogen-bond donors (Lipinski definition) is 1. The van der Waals surface area contributed by atoms with Crippen LogP contribution in [0.2, 0.25) is 0 Å². The van der Waals surface area contributed by atoms with Gasteiger partial charge in [0.1, 0.15) is 0 Å². The lowest BCUT2D eigenvalue weighted by Crippen LogP contribution is -2.35. The minimum Gasteiger partial charge on any atom is -0.245 e. The van der Waals surface area contributed by atoms with Gasteiger partial charge in [0.05, 0.1) is 17.2 Å². The molecule has 0 atom stereocenters. The predicted molar refractivity (Wildman–Crippen MR) is 63.5 cm³/mol. The largest absolute Gasteiger partial charge is 0.279 e. The molecule has 0 amide bonds. The number of thiazole rings is 1. The molecule has 1 aromatic heterocycles. The third-order valence-corrected chi connectivity index (χ3v) is 4.94. The highest BCUT2D eigenvalue weighted by Gasteiger charge is 2.26. The Morgan fingerprint density at radius 3 is 2.81 bits per heavy atom. The van der Waals surface area contributed by atoms with Crippen LogP contribution in [0.3, 0.4) is 0 Å². The molecule has 1 aliphatic rings. The Morgan fingerprint density at radius 1 is 1.56 bits per heavy atom. The molecule has 0 unspecified atom stereocenters. The summed E-state index contributed by atoms with van der Waals surface area (Å²) in [6, 6.07) is 0. The summed E-state index contributed by atoms with van der Waals surface area (Å²) in [6.07, 6.45) is 2.44. The van der Waals surface area contributed by atoms with Crippen LogP contribution in [0, 0.1) is 0 Å². The maximum Gasteiger partial charge on any atom is 0.279 e. The smallest absolute Gasteiger partial charge is 0.245 e. The van der Waals surface area contributed by atoms with E-state index in [0.29, 0.717) is 5.92 Å². The zero-order valence-corrected chi connectivity index (χ0v) is 10.9. The lowest BCUT2D eigenvalue weighted by molar-refractivity contribution is 0.504. The Labute approximate surface area is 99.7 Å². The van der Waals surface area contributed by atoms with E-state index in [0.717, 1.165) is 15.0 Å². The van der Waals surface area contributed by atoms with Gasteiger partial charge in [0.25, 0.3) is 10.2 Å². The summed E-state index contributed by atoms with van der Waals surface area (Å²) in [5, 5.41) is 3.06. The number of nitrogens with zero attached hydrogens (tertiary/aromatic N) is 2.